The molecular formula is C47H27N5O. The van der Waals surface area contributed by atoms with Gasteiger partial charge in [0.25, 0.3) is 0 Å². The number of hydrogen-bond acceptors (Lipinski definition) is 4. The maximum absolute atomic E-state index is 9.34. The lowest BCUT2D eigenvalue weighted by molar-refractivity contribution is 0.669. The summed E-state index contributed by atoms with van der Waals surface area (Å²) < 4.78 is 11.5. The minimum Gasteiger partial charge on any atom is -0.456 e. The maximum atomic E-state index is 9.34. The Labute approximate surface area is 303 Å². The second kappa shape index (κ2) is 11.3. The van der Waals surface area contributed by atoms with Crippen LogP contribution in [0.2, 0.25) is 0 Å². The third-order valence-electron chi connectivity index (χ3n) is 10.5. The summed E-state index contributed by atoms with van der Waals surface area (Å²) in [5.74, 6) is 0.573. The summed E-state index contributed by atoms with van der Waals surface area (Å²) in [5, 5.41) is 16.1. The molecule has 0 aliphatic carbocycles. The molecule has 246 valence electrons. The van der Waals surface area contributed by atoms with Crippen LogP contribution in [0.1, 0.15) is 5.56 Å². The van der Waals surface area contributed by atoms with Crippen molar-refractivity contribution >= 4 is 65.6 Å². The lowest BCUT2D eigenvalue weighted by Gasteiger charge is -2.21. The van der Waals surface area contributed by atoms with Crippen LogP contribution in [0.25, 0.3) is 99.4 Å². The number of hydrogen-bond donors (Lipinski definition) is 0. The van der Waals surface area contributed by atoms with Crippen LogP contribution >= 0.6 is 0 Å². The summed E-state index contributed by atoms with van der Waals surface area (Å²) in [6.07, 6.45) is 3.73. The molecule has 4 heterocycles. The van der Waals surface area contributed by atoms with Crippen molar-refractivity contribution in [2.24, 2.45) is 0 Å². The van der Waals surface area contributed by atoms with Crippen molar-refractivity contribution in [1.29, 1.82) is 5.26 Å². The van der Waals surface area contributed by atoms with Gasteiger partial charge in [0.15, 0.2) is 5.82 Å². The van der Waals surface area contributed by atoms with Crippen molar-refractivity contribution in [3.05, 3.63) is 170 Å². The van der Waals surface area contributed by atoms with E-state index in [0.29, 0.717) is 11.4 Å². The van der Waals surface area contributed by atoms with E-state index >= 15 is 0 Å². The van der Waals surface area contributed by atoms with Gasteiger partial charge in [0.05, 0.1) is 50.5 Å². The Kier molecular flexibility index (Phi) is 6.22. The van der Waals surface area contributed by atoms with Crippen molar-refractivity contribution in [1.82, 2.24) is 19.1 Å². The molecule has 0 fully saturated rings. The molecule has 6 nitrogen and oxygen atoms in total. The topological polar surface area (TPSA) is 72.6 Å². The molecule has 0 bridgehead atoms. The highest BCUT2D eigenvalue weighted by Gasteiger charge is 2.28. The van der Waals surface area contributed by atoms with E-state index in [1.165, 1.54) is 10.8 Å². The monoisotopic (exact) mass is 677 g/mol. The predicted octanol–water partition coefficient (Wildman–Crippen LogP) is 11.8. The number of benzene rings is 7. The molecule has 0 unspecified atom stereocenters. The first kappa shape index (κ1) is 29.3. The van der Waals surface area contributed by atoms with Crippen molar-refractivity contribution in [2.45, 2.75) is 0 Å². The molecule has 0 saturated carbocycles. The first-order valence-corrected chi connectivity index (χ1v) is 17.5. The van der Waals surface area contributed by atoms with E-state index < -0.39 is 0 Å². The van der Waals surface area contributed by atoms with Gasteiger partial charge in [-0.2, -0.15) is 5.26 Å². The Morgan fingerprint density at radius 1 is 0.472 bits per heavy atom. The molecule has 0 radical (unpaired) electrons. The number of aromatic nitrogens is 4. The van der Waals surface area contributed by atoms with Crippen LogP contribution in [0, 0.1) is 11.3 Å². The number of nitriles is 1. The standard InChI is InChI=1S/C47H27N5O/c48-26-29-21-23-30(24-22-29)31-27-49-47(50-28-31)37-25-43-44(36-15-5-10-20-42(36)53-43)46(52-40-18-8-3-13-34(40)35-14-4-9-19-41(35)52)45(37)51-38-16-6-1-11-32(38)33-12-2-7-17-39(33)51/h1-25,27-28H. The molecule has 0 spiro atoms. The Bertz CT molecular complexity index is 3180. The normalized spacial score (nSPS) is 11.8. The largest absolute Gasteiger partial charge is 0.456 e. The number of fused-ring (bicyclic) bond motifs is 9. The summed E-state index contributed by atoms with van der Waals surface area (Å²) in [6, 6.07) is 54.5. The molecule has 7 aromatic carbocycles. The van der Waals surface area contributed by atoms with E-state index in [1.807, 2.05) is 48.8 Å². The first-order chi connectivity index (χ1) is 26.3. The SMILES string of the molecule is N#Cc1ccc(-c2cnc(-c3cc4oc5ccccc5c4c(-n4c5ccccc5c5ccccc54)c3-n3c4ccccc4c4ccccc43)nc2)cc1. The van der Waals surface area contributed by atoms with Crippen LogP contribution in [-0.4, -0.2) is 19.1 Å². The fourth-order valence-electron chi connectivity index (χ4n) is 8.15. The van der Waals surface area contributed by atoms with Crippen LogP contribution in [0.15, 0.2) is 168 Å². The minimum atomic E-state index is 0.573. The highest BCUT2D eigenvalue weighted by atomic mass is 16.3. The van der Waals surface area contributed by atoms with Crippen LogP contribution in [0.3, 0.4) is 0 Å². The van der Waals surface area contributed by atoms with Crippen molar-refractivity contribution < 1.29 is 4.42 Å². The number of nitrogens with zero attached hydrogens (tertiary/aromatic N) is 5. The Hall–Kier alpha value is -7.49. The molecule has 4 aromatic heterocycles. The molecule has 0 aliphatic rings. The molecule has 53 heavy (non-hydrogen) atoms. The minimum absolute atomic E-state index is 0.573. The first-order valence-electron chi connectivity index (χ1n) is 17.5. The lowest BCUT2D eigenvalue weighted by Crippen LogP contribution is -2.07. The van der Waals surface area contributed by atoms with Crippen LogP contribution in [-0.2, 0) is 0 Å². The van der Waals surface area contributed by atoms with Crippen LogP contribution < -0.4 is 0 Å². The van der Waals surface area contributed by atoms with Gasteiger partial charge in [-0.15, -0.1) is 0 Å². The molecule has 0 N–H and O–H groups in total. The highest BCUT2D eigenvalue weighted by Crippen LogP contribution is 2.47. The van der Waals surface area contributed by atoms with Gasteiger partial charge in [-0.25, -0.2) is 9.97 Å². The molecular weight excluding hydrogens is 651 g/mol. The molecule has 0 atom stereocenters. The number of furan rings is 1. The summed E-state index contributed by atoms with van der Waals surface area (Å²) in [5.41, 5.74) is 11.1. The fraction of sp³-hybridized carbons (Fsp3) is 0. The zero-order valence-corrected chi connectivity index (χ0v) is 28.2. The third-order valence-corrected chi connectivity index (χ3v) is 10.5. The average molecular weight is 678 g/mol. The maximum Gasteiger partial charge on any atom is 0.161 e. The van der Waals surface area contributed by atoms with Crippen LogP contribution in [0.4, 0.5) is 0 Å². The smallest absolute Gasteiger partial charge is 0.161 e. The van der Waals surface area contributed by atoms with Gasteiger partial charge in [-0.1, -0.05) is 103 Å². The van der Waals surface area contributed by atoms with Gasteiger partial charge in [-0.05, 0) is 54.1 Å². The second-order valence-corrected chi connectivity index (χ2v) is 13.3. The lowest BCUT2D eigenvalue weighted by atomic mass is 10.0. The van der Waals surface area contributed by atoms with Crippen LogP contribution in [0.5, 0.6) is 0 Å². The third kappa shape index (κ3) is 4.25. The summed E-state index contributed by atoms with van der Waals surface area (Å²) in [6.45, 7) is 0. The highest BCUT2D eigenvalue weighted by molar-refractivity contribution is 6.18. The van der Waals surface area contributed by atoms with Crippen molar-refractivity contribution in [3.8, 4) is 40.0 Å². The van der Waals surface area contributed by atoms with Gasteiger partial charge >= 0.3 is 0 Å². The molecule has 0 aliphatic heterocycles. The van der Waals surface area contributed by atoms with E-state index in [0.717, 1.165) is 82.8 Å². The average Bonchev–Trinajstić information content (AvgIpc) is 3.88. The second-order valence-electron chi connectivity index (χ2n) is 13.3. The predicted molar refractivity (Wildman–Crippen MR) is 214 cm³/mol. The fourth-order valence-corrected chi connectivity index (χ4v) is 8.15. The summed E-state index contributed by atoms with van der Waals surface area (Å²) in [7, 11) is 0. The van der Waals surface area contributed by atoms with Gasteiger partial charge in [0, 0.05) is 50.5 Å². The quantitative estimate of drug-likeness (QED) is 0.186. The zero-order valence-electron chi connectivity index (χ0n) is 28.2. The summed E-state index contributed by atoms with van der Waals surface area (Å²) in [4.78, 5) is 10.1. The molecule has 0 saturated heterocycles. The van der Waals surface area contributed by atoms with Gasteiger partial charge in [0.1, 0.15) is 11.2 Å². The van der Waals surface area contributed by atoms with Crippen molar-refractivity contribution in [2.75, 3.05) is 0 Å². The summed E-state index contributed by atoms with van der Waals surface area (Å²) >= 11 is 0. The molecule has 11 aromatic rings. The molecule has 11 rings (SSSR count). The van der Waals surface area contributed by atoms with Gasteiger partial charge in [-0.3, -0.25) is 0 Å². The number of para-hydroxylation sites is 5. The van der Waals surface area contributed by atoms with E-state index in [1.54, 1.807) is 0 Å². The Balaban J connectivity index is 1.34. The Morgan fingerprint density at radius 3 is 1.47 bits per heavy atom. The molecule has 6 heteroatoms. The van der Waals surface area contributed by atoms with E-state index in [2.05, 4.69) is 130 Å². The van der Waals surface area contributed by atoms with Crippen molar-refractivity contribution in [3.63, 3.8) is 0 Å². The Morgan fingerprint density at radius 2 is 0.943 bits per heavy atom. The van der Waals surface area contributed by atoms with Gasteiger partial charge < -0.3 is 13.6 Å². The van der Waals surface area contributed by atoms with E-state index in [-0.39, 0.29) is 0 Å². The van der Waals surface area contributed by atoms with E-state index in [9.17, 15) is 5.26 Å². The molecule has 0 amide bonds. The zero-order chi connectivity index (χ0) is 35.0. The number of rotatable bonds is 4. The van der Waals surface area contributed by atoms with Gasteiger partial charge in [0.2, 0.25) is 0 Å². The van der Waals surface area contributed by atoms with E-state index in [4.69, 9.17) is 14.4 Å².